The zero-order valence-corrected chi connectivity index (χ0v) is 16.2. The normalized spacial score (nSPS) is 14.1. The molecule has 1 atom stereocenters. The van der Waals surface area contributed by atoms with Gasteiger partial charge in [0.25, 0.3) is 0 Å². The van der Waals surface area contributed by atoms with Gasteiger partial charge in [0.05, 0.1) is 0 Å². The first-order valence-corrected chi connectivity index (χ1v) is 9.41. The molecule has 5 nitrogen and oxygen atoms in total. The van der Waals surface area contributed by atoms with Crippen molar-refractivity contribution in [2.45, 2.75) is 31.8 Å². The molecule has 0 fully saturated rings. The highest BCUT2D eigenvalue weighted by Gasteiger charge is 2.21. The Kier molecular flexibility index (Phi) is 7.63. The molecule has 0 bridgehead atoms. The molecule has 0 aliphatic carbocycles. The Bertz CT molecular complexity index is 735. The summed E-state index contributed by atoms with van der Waals surface area (Å²) in [5.41, 5.74) is 8.29. The molecule has 1 aromatic heterocycles. The van der Waals surface area contributed by atoms with E-state index in [9.17, 15) is 9.59 Å². The molecule has 2 aromatic rings. The van der Waals surface area contributed by atoms with E-state index in [2.05, 4.69) is 16.8 Å². The number of benzene rings is 1. The van der Waals surface area contributed by atoms with Crippen LogP contribution in [0.1, 0.15) is 34.9 Å². The molecule has 0 spiro atoms. The predicted molar refractivity (Wildman–Crippen MR) is 106 cm³/mol. The number of hydrogen-bond donors (Lipinski definition) is 2. The van der Waals surface area contributed by atoms with Gasteiger partial charge >= 0.3 is 0 Å². The molecule has 0 radical (unpaired) electrons. The summed E-state index contributed by atoms with van der Waals surface area (Å²) in [7, 11) is 0. The highest BCUT2D eigenvalue weighted by Crippen LogP contribution is 2.24. The van der Waals surface area contributed by atoms with Gasteiger partial charge in [0.2, 0.25) is 11.8 Å². The first-order chi connectivity index (χ1) is 12.1. The number of nitrogens with one attached hydrogen (secondary N) is 1. The lowest BCUT2D eigenvalue weighted by molar-refractivity contribution is -0.134. The summed E-state index contributed by atoms with van der Waals surface area (Å²) in [6.45, 7) is 1.78. The number of nitrogens with zero attached hydrogens (tertiary/aromatic N) is 1. The number of nitrogens with two attached hydrogens (primary N) is 1. The summed E-state index contributed by atoms with van der Waals surface area (Å²) in [6, 6.07) is 11.5. The molecule has 2 heterocycles. The summed E-state index contributed by atoms with van der Waals surface area (Å²) in [5, 5.41) is 4.89. The number of fused-ring (bicyclic) bond motifs is 1. The molecule has 3 rings (SSSR count). The number of hydrogen-bond acceptors (Lipinski definition) is 4. The first kappa shape index (κ1) is 20.4. The SMILES string of the molecule is Cl.NC(CNC(=O)CCC(=O)N1CCc2sccc2C1)c1ccccc1. The van der Waals surface area contributed by atoms with Crippen molar-refractivity contribution in [2.24, 2.45) is 5.73 Å². The van der Waals surface area contributed by atoms with E-state index in [4.69, 9.17) is 5.73 Å². The first-order valence-electron chi connectivity index (χ1n) is 8.53. The summed E-state index contributed by atoms with van der Waals surface area (Å²) in [4.78, 5) is 27.5. The van der Waals surface area contributed by atoms with Crippen molar-refractivity contribution in [1.29, 1.82) is 0 Å². The van der Waals surface area contributed by atoms with Gasteiger partial charge in [0.1, 0.15) is 0 Å². The second kappa shape index (κ2) is 9.71. The third-order valence-corrected chi connectivity index (χ3v) is 5.50. The molecular weight excluding hydrogens is 370 g/mol. The van der Waals surface area contributed by atoms with Gasteiger partial charge in [-0.05, 0) is 29.0 Å². The quantitative estimate of drug-likeness (QED) is 0.792. The Balaban J connectivity index is 0.00000243. The average Bonchev–Trinajstić information content (AvgIpc) is 3.12. The maximum absolute atomic E-state index is 12.3. The topological polar surface area (TPSA) is 75.4 Å². The van der Waals surface area contributed by atoms with Gasteiger partial charge in [0, 0.05) is 43.4 Å². The van der Waals surface area contributed by atoms with Gasteiger partial charge < -0.3 is 16.0 Å². The van der Waals surface area contributed by atoms with Crippen molar-refractivity contribution in [3.8, 4) is 0 Å². The molecule has 1 aliphatic heterocycles. The number of amides is 2. The van der Waals surface area contributed by atoms with Crippen LogP contribution in [-0.2, 0) is 22.6 Å². The standard InChI is InChI=1S/C19H23N3O2S.ClH/c20-16(14-4-2-1-3-5-14)12-21-18(23)6-7-19(24)22-10-8-17-15(13-22)9-11-25-17;/h1-5,9,11,16H,6-8,10,12-13,20H2,(H,21,23);1H. The highest BCUT2D eigenvalue weighted by atomic mass is 35.5. The lowest BCUT2D eigenvalue weighted by Crippen LogP contribution is -2.37. The van der Waals surface area contributed by atoms with E-state index in [1.165, 1.54) is 10.4 Å². The lowest BCUT2D eigenvalue weighted by atomic mass is 10.1. The van der Waals surface area contributed by atoms with Crippen LogP contribution in [-0.4, -0.2) is 29.8 Å². The third kappa shape index (κ3) is 5.30. The Morgan fingerprint density at radius 1 is 1.19 bits per heavy atom. The second-order valence-corrected chi connectivity index (χ2v) is 7.26. The fourth-order valence-corrected chi connectivity index (χ4v) is 3.86. The minimum absolute atomic E-state index is 0. The molecule has 2 amide bonds. The Morgan fingerprint density at radius 3 is 2.73 bits per heavy atom. The van der Waals surface area contributed by atoms with Crippen LogP contribution in [0.15, 0.2) is 41.8 Å². The van der Waals surface area contributed by atoms with Gasteiger partial charge in [-0.1, -0.05) is 30.3 Å². The zero-order chi connectivity index (χ0) is 17.6. The number of carbonyl (C=O) groups excluding carboxylic acids is 2. The van der Waals surface area contributed by atoms with Crippen molar-refractivity contribution < 1.29 is 9.59 Å². The van der Waals surface area contributed by atoms with Crippen LogP contribution in [0.25, 0.3) is 0 Å². The van der Waals surface area contributed by atoms with Crippen molar-refractivity contribution in [1.82, 2.24) is 10.2 Å². The molecule has 1 aliphatic rings. The largest absolute Gasteiger partial charge is 0.354 e. The van der Waals surface area contributed by atoms with E-state index in [0.29, 0.717) is 13.1 Å². The van der Waals surface area contributed by atoms with Crippen LogP contribution in [0.4, 0.5) is 0 Å². The van der Waals surface area contributed by atoms with E-state index in [-0.39, 0.29) is 43.1 Å². The molecule has 26 heavy (non-hydrogen) atoms. The summed E-state index contributed by atoms with van der Waals surface area (Å²) in [6.07, 6.45) is 1.36. The smallest absolute Gasteiger partial charge is 0.223 e. The maximum atomic E-state index is 12.3. The molecule has 1 unspecified atom stereocenters. The fourth-order valence-electron chi connectivity index (χ4n) is 2.97. The highest BCUT2D eigenvalue weighted by molar-refractivity contribution is 7.10. The second-order valence-electron chi connectivity index (χ2n) is 6.26. The van der Waals surface area contributed by atoms with E-state index in [1.807, 2.05) is 35.2 Å². The molecule has 7 heteroatoms. The van der Waals surface area contributed by atoms with Crippen molar-refractivity contribution in [3.05, 3.63) is 57.8 Å². The summed E-state index contributed by atoms with van der Waals surface area (Å²) in [5.74, 6) is -0.0904. The third-order valence-electron chi connectivity index (χ3n) is 4.47. The number of halogens is 1. The van der Waals surface area contributed by atoms with Crippen LogP contribution in [0.3, 0.4) is 0 Å². The summed E-state index contributed by atoms with van der Waals surface area (Å²) >= 11 is 1.75. The molecule has 1 aromatic carbocycles. The number of thiophene rings is 1. The molecule has 0 saturated carbocycles. The fraction of sp³-hybridized carbons (Fsp3) is 0.368. The number of carbonyl (C=O) groups is 2. The molecule has 140 valence electrons. The van der Waals surface area contributed by atoms with Gasteiger partial charge in [-0.15, -0.1) is 23.7 Å². The van der Waals surface area contributed by atoms with Gasteiger partial charge in [-0.3, -0.25) is 9.59 Å². The monoisotopic (exact) mass is 393 g/mol. The van der Waals surface area contributed by atoms with Crippen LogP contribution in [0.2, 0.25) is 0 Å². The van der Waals surface area contributed by atoms with E-state index >= 15 is 0 Å². The van der Waals surface area contributed by atoms with Crippen LogP contribution >= 0.6 is 23.7 Å². The molecule has 0 saturated heterocycles. The number of rotatable bonds is 6. The van der Waals surface area contributed by atoms with Crippen LogP contribution < -0.4 is 11.1 Å². The van der Waals surface area contributed by atoms with E-state index in [1.54, 1.807) is 11.3 Å². The van der Waals surface area contributed by atoms with E-state index < -0.39 is 0 Å². The van der Waals surface area contributed by atoms with Gasteiger partial charge in [0.15, 0.2) is 0 Å². The minimum atomic E-state index is -0.236. The summed E-state index contributed by atoms with van der Waals surface area (Å²) < 4.78 is 0. The lowest BCUT2D eigenvalue weighted by Gasteiger charge is -2.27. The van der Waals surface area contributed by atoms with Gasteiger partial charge in [-0.2, -0.15) is 0 Å². The van der Waals surface area contributed by atoms with Crippen molar-refractivity contribution >= 4 is 35.6 Å². The zero-order valence-electron chi connectivity index (χ0n) is 14.5. The van der Waals surface area contributed by atoms with Crippen LogP contribution in [0.5, 0.6) is 0 Å². The van der Waals surface area contributed by atoms with E-state index in [0.717, 1.165) is 18.5 Å². The molecular formula is C19H24ClN3O2S. The van der Waals surface area contributed by atoms with Crippen molar-refractivity contribution in [2.75, 3.05) is 13.1 Å². The predicted octanol–water partition coefficient (Wildman–Crippen LogP) is 2.65. The Labute approximate surface area is 164 Å². The minimum Gasteiger partial charge on any atom is -0.354 e. The van der Waals surface area contributed by atoms with Gasteiger partial charge in [-0.25, -0.2) is 0 Å². The maximum Gasteiger partial charge on any atom is 0.223 e. The Hall–Kier alpha value is -1.89. The average molecular weight is 394 g/mol. The molecule has 3 N–H and O–H groups in total. The van der Waals surface area contributed by atoms with Crippen LogP contribution in [0, 0.1) is 0 Å². The van der Waals surface area contributed by atoms with Crippen molar-refractivity contribution in [3.63, 3.8) is 0 Å². The Morgan fingerprint density at radius 2 is 1.96 bits per heavy atom.